The molecule has 3 rings (SSSR count). The van der Waals surface area contributed by atoms with E-state index in [-0.39, 0.29) is 0 Å². The molecule has 114 valence electrons. The molecule has 0 spiro atoms. The number of nitrogens with one attached hydrogen (secondary N) is 2. The van der Waals surface area contributed by atoms with Gasteiger partial charge < -0.3 is 15.4 Å². The maximum Gasteiger partial charge on any atom is 0.191 e. The van der Waals surface area contributed by atoms with Crippen LogP contribution in [-0.2, 0) is 13.2 Å². The SMILES string of the molecule is CC1CN=C(NCc2ccc(OCc3ccccn3)cc2)N1. The maximum absolute atomic E-state index is 5.72. The van der Waals surface area contributed by atoms with E-state index < -0.39 is 0 Å². The normalized spacial score (nSPS) is 16.8. The molecule has 1 aliphatic heterocycles. The smallest absolute Gasteiger partial charge is 0.191 e. The number of aliphatic imine (C=N–C) groups is 1. The Morgan fingerprint density at radius 1 is 1.23 bits per heavy atom. The van der Waals surface area contributed by atoms with Crippen LogP contribution in [-0.4, -0.2) is 23.5 Å². The van der Waals surface area contributed by atoms with Crippen LogP contribution in [0.5, 0.6) is 5.75 Å². The highest BCUT2D eigenvalue weighted by Gasteiger charge is 2.11. The summed E-state index contributed by atoms with van der Waals surface area (Å²) in [4.78, 5) is 8.61. The Morgan fingerprint density at radius 2 is 2.09 bits per heavy atom. The Labute approximate surface area is 130 Å². The molecule has 2 aromatic rings. The van der Waals surface area contributed by atoms with Gasteiger partial charge in [-0.05, 0) is 36.8 Å². The van der Waals surface area contributed by atoms with Crippen LogP contribution in [0.4, 0.5) is 0 Å². The Balaban J connectivity index is 1.48. The summed E-state index contributed by atoms with van der Waals surface area (Å²) in [5.74, 6) is 1.72. The van der Waals surface area contributed by atoms with Gasteiger partial charge in [-0.15, -0.1) is 0 Å². The zero-order chi connectivity index (χ0) is 15.2. The van der Waals surface area contributed by atoms with Crippen molar-refractivity contribution >= 4 is 5.96 Å². The first-order chi connectivity index (χ1) is 10.8. The molecule has 5 heteroatoms. The van der Waals surface area contributed by atoms with Crippen molar-refractivity contribution in [3.8, 4) is 5.75 Å². The summed E-state index contributed by atoms with van der Waals surface area (Å²) in [6.07, 6.45) is 1.77. The van der Waals surface area contributed by atoms with Crippen LogP contribution >= 0.6 is 0 Å². The van der Waals surface area contributed by atoms with Gasteiger partial charge in [0, 0.05) is 18.8 Å². The van der Waals surface area contributed by atoms with E-state index in [1.807, 2.05) is 30.3 Å². The molecule has 5 nitrogen and oxygen atoms in total. The molecule has 0 saturated carbocycles. The molecule has 1 atom stereocenters. The van der Waals surface area contributed by atoms with Crippen molar-refractivity contribution in [2.24, 2.45) is 4.99 Å². The lowest BCUT2D eigenvalue weighted by Crippen LogP contribution is -2.37. The van der Waals surface area contributed by atoms with E-state index in [0.717, 1.165) is 30.5 Å². The van der Waals surface area contributed by atoms with E-state index in [2.05, 4.69) is 39.7 Å². The zero-order valence-corrected chi connectivity index (χ0v) is 12.6. The Morgan fingerprint density at radius 3 is 2.77 bits per heavy atom. The summed E-state index contributed by atoms with van der Waals surface area (Å²) in [5, 5.41) is 6.57. The molecule has 0 fully saturated rings. The number of hydrogen-bond donors (Lipinski definition) is 2. The summed E-state index contributed by atoms with van der Waals surface area (Å²) in [5.41, 5.74) is 2.11. The van der Waals surface area contributed by atoms with Gasteiger partial charge in [-0.2, -0.15) is 0 Å². The summed E-state index contributed by atoms with van der Waals surface area (Å²) >= 11 is 0. The van der Waals surface area contributed by atoms with Crippen molar-refractivity contribution in [3.63, 3.8) is 0 Å². The van der Waals surface area contributed by atoms with Gasteiger partial charge in [-0.3, -0.25) is 9.98 Å². The monoisotopic (exact) mass is 296 g/mol. The van der Waals surface area contributed by atoms with Crippen LogP contribution in [0, 0.1) is 0 Å². The number of pyridine rings is 1. The molecule has 0 bridgehead atoms. The third-order valence-electron chi connectivity index (χ3n) is 3.40. The lowest BCUT2D eigenvalue weighted by molar-refractivity contribution is 0.301. The fraction of sp³-hybridized carbons (Fsp3) is 0.294. The van der Waals surface area contributed by atoms with Gasteiger partial charge in [0.1, 0.15) is 12.4 Å². The minimum absolute atomic E-state index is 0.421. The predicted molar refractivity (Wildman–Crippen MR) is 86.8 cm³/mol. The number of benzene rings is 1. The summed E-state index contributed by atoms with van der Waals surface area (Å²) in [6, 6.07) is 14.3. The Bertz CT molecular complexity index is 625. The van der Waals surface area contributed by atoms with Crippen molar-refractivity contribution < 1.29 is 4.74 Å². The van der Waals surface area contributed by atoms with Crippen molar-refractivity contribution in [3.05, 3.63) is 59.9 Å². The van der Waals surface area contributed by atoms with Crippen LogP contribution in [0.1, 0.15) is 18.2 Å². The van der Waals surface area contributed by atoms with Crippen LogP contribution in [0.25, 0.3) is 0 Å². The fourth-order valence-electron chi connectivity index (χ4n) is 2.19. The summed E-state index contributed by atoms with van der Waals surface area (Å²) in [6.45, 7) is 4.19. The summed E-state index contributed by atoms with van der Waals surface area (Å²) in [7, 11) is 0. The minimum atomic E-state index is 0.421. The molecule has 0 aliphatic carbocycles. The Kier molecular flexibility index (Phi) is 4.53. The number of rotatable bonds is 5. The third-order valence-corrected chi connectivity index (χ3v) is 3.40. The molecule has 2 heterocycles. The number of nitrogens with zero attached hydrogens (tertiary/aromatic N) is 2. The first-order valence-electron chi connectivity index (χ1n) is 7.46. The molecule has 0 amide bonds. The first-order valence-corrected chi connectivity index (χ1v) is 7.46. The predicted octanol–water partition coefficient (Wildman–Crippen LogP) is 2.10. The number of guanidine groups is 1. The quantitative estimate of drug-likeness (QED) is 0.887. The lowest BCUT2D eigenvalue weighted by Gasteiger charge is -2.10. The molecule has 2 N–H and O–H groups in total. The van der Waals surface area contributed by atoms with Crippen LogP contribution < -0.4 is 15.4 Å². The highest BCUT2D eigenvalue weighted by atomic mass is 16.5. The van der Waals surface area contributed by atoms with Gasteiger partial charge in [0.15, 0.2) is 5.96 Å². The van der Waals surface area contributed by atoms with E-state index in [1.165, 1.54) is 5.56 Å². The molecule has 1 unspecified atom stereocenters. The van der Waals surface area contributed by atoms with Gasteiger partial charge in [-0.25, -0.2) is 0 Å². The Hall–Kier alpha value is -2.56. The second kappa shape index (κ2) is 6.93. The third kappa shape index (κ3) is 3.97. The number of aromatic nitrogens is 1. The standard InChI is InChI=1S/C17H20N4O/c1-13-10-19-17(21-13)20-11-14-5-7-16(8-6-14)22-12-15-4-2-3-9-18-15/h2-9,13H,10-12H2,1H3,(H2,19,20,21). The lowest BCUT2D eigenvalue weighted by atomic mass is 10.2. The van der Waals surface area contributed by atoms with E-state index in [0.29, 0.717) is 12.6 Å². The maximum atomic E-state index is 5.72. The van der Waals surface area contributed by atoms with Gasteiger partial charge in [0.05, 0.1) is 12.2 Å². The minimum Gasteiger partial charge on any atom is -0.487 e. The van der Waals surface area contributed by atoms with E-state index in [4.69, 9.17) is 4.74 Å². The topological polar surface area (TPSA) is 58.5 Å². The van der Waals surface area contributed by atoms with E-state index in [9.17, 15) is 0 Å². The molecular formula is C17H20N4O. The van der Waals surface area contributed by atoms with Crippen LogP contribution in [0.2, 0.25) is 0 Å². The van der Waals surface area contributed by atoms with Gasteiger partial charge in [0.2, 0.25) is 0 Å². The summed E-state index contributed by atoms with van der Waals surface area (Å²) < 4.78 is 5.72. The highest BCUT2D eigenvalue weighted by molar-refractivity contribution is 5.81. The van der Waals surface area contributed by atoms with Crippen molar-refractivity contribution in [1.29, 1.82) is 0 Å². The second-order valence-corrected chi connectivity index (χ2v) is 5.34. The molecular weight excluding hydrogens is 276 g/mol. The highest BCUT2D eigenvalue weighted by Crippen LogP contribution is 2.13. The zero-order valence-electron chi connectivity index (χ0n) is 12.6. The largest absolute Gasteiger partial charge is 0.487 e. The fourth-order valence-corrected chi connectivity index (χ4v) is 2.19. The number of hydrogen-bond acceptors (Lipinski definition) is 5. The van der Waals surface area contributed by atoms with Gasteiger partial charge in [-0.1, -0.05) is 18.2 Å². The molecule has 0 saturated heterocycles. The van der Waals surface area contributed by atoms with Crippen LogP contribution in [0.15, 0.2) is 53.7 Å². The molecule has 0 radical (unpaired) electrons. The second-order valence-electron chi connectivity index (χ2n) is 5.34. The van der Waals surface area contributed by atoms with Gasteiger partial charge in [0.25, 0.3) is 0 Å². The number of ether oxygens (including phenoxy) is 1. The van der Waals surface area contributed by atoms with Crippen LogP contribution in [0.3, 0.4) is 0 Å². The molecule has 1 aromatic carbocycles. The van der Waals surface area contributed by atoms with Crippen molar-refractivity contribution in [1.82, 2.24) is 15.6 Å². The average Bonchev–Trinajstić information content (AvgIpc) is 2.98. The van der Waals surface area contributed by atoms with E-state index >= 15 is 0 Å². The molecule has 1 aliphatic rings. The first kappa shape index (κ1) is 14.4. The molecule has 1 aromatic heterocycles. The van der Waals surface area contributed by atoms with Gasteiger partial charge >= 0.3 is 0 Å². The van der Waals surface area contributed by atoms with E-state index in [1.54, 1.807) is 6.20 Å². The average molecular weight is 296 g/mol. The van der Waals surface area contributed by atoms with Crippen molar-refractivity contribution in [2.45, 2.75) is 26.1 Å². The van der Waals surface area contributed by atoms with Crippen molar-refractivity contribution in [2.75, 3.05) is 6.54 Å². The molecule has 22 heavy (non-hydrogen) atoms.